The van der Waals surface area contributed by atoms with Gasteiger partial charge in [0.05, 0.1) is 10.9 Å². The molecule has 0 saturated carbocycles. The molecule has 0 atom stereocenters. The molecule has 6 nitrogen and oxygen atoms in total. The molecule has 1 fully saturated rings. The molecule has 0 bridgehead atoms. The molecule has 2 aromatic carbocycles. The highest BCUT2D eigenvalue weighted by atomic mass is 35.5. The number of nitrogens with one attached hydrogen (secondary N) is 1. The van der Waals surface area contributed by atoms with E-state index < -0.39 is 7.12 Å². The molecule has 1 saturated heterocycles. The zero-order chi connectivity index (χ0) is 23.9. The number of nitrogens with zero attached hydrogens (tertiary/aromatic N) is 1. The normalized spacial score (nSPS) is 15.7. The summed E-state index contributed by atoms with van der Waals surface area (Å²) < 4.78 is 6.42. The van der Waals surface area contributed by atoms with Crippen LogP contribution in [0.1, 0.15) is 43.4 Å². The zero-order valence-corrected chi connectivity index (χ0v) is 20.3. The topological polar surface area (TPSA) is 85.9 Å². The largest absolute Gasteiger partial charge is 0.490 e. The summed E-state index contributed by atoms with van der Waals surface area (Å²) in [4.78, 5) is 15.5. The smallest absolute Gasteiger partial charge is 0.440 e. The van der Waals surface area contributed by atoms with Crippen molar-refractivity contribution in [3.8, 4) is 0 Å². The lowest BCUT2D eigenvalue weighted by Gasteiger charge is -2.37. The third kappa shape index (κ3) is 4.91. The number of halogens is 1. The van der Waals surface area contributed by atoms with Gasteiger partial charge in [-0.2, -0.15) is 0 Å². The Balaban J connectivity index is 1.73. The highest BCUT2D eigenvalue weighted by Gasteiger charge is 2.28. The minimum Gasteiger partial charge on any atom is -0.440 e. The van der Waals surface area contributed by atoms with E-state index in [1.807, 2.05) is 26.0 Å². The maximum Gasteiger partial charge on any atom is 0.490 e. The van der Waals surface area contributed by atoms with Crippen LogP contribution in [0.5, 0.6) is 0 Å². The molecule has 33 heavy (non-hydrogen) atoms. The first kappa shape index (κ1) is 23.7. The first-order chi connectivity index (χ1) is 15.6. The third-order valence-corrected chi connectivity index (χ3v) is 6.82. The number of rotatable bonds is 5. The fourth-order valence-corrected chi connectivity index (χ4v) is 4.64. The molecule has 0 spiro atoms. The van der Waals surface area contributed by atoms with Crippen molar-refractivity contribution in [1.82, 2.24) is 0 Å². The van der Waals surface area contributed by atoms with E-state index in [1.165, 1.54) is 6.07 Å². The van der Waals surface area contributed by atoms with Gasteiger partial charge in [-0.15, -0.1) is 0 Å². The second-order valence-electron chi connectivity index (χ2n) is 9.77. The van der Waals surface area contributed by atoms with Crippen molar-refractivity contribution in [2.75, 3.05) is 23.3 Å². The van der Waals surface area contributed by atoms with Gasteiger partial charge in [-0.25, -0.2) is 0 Å². The maximum atomic E-state index is 13.3. The van der Waals surface area contributed by atoms with Crippen LogP contribution in [0.3, 0.4) is 0 Å². The Labute approximate surface area is 199 Å². The molecule has 8 heteroatoms. The Morgan fingerprint density at radius 3 is 2.52 bits per heavy atom. The van der Waals surface area contributed by atoms with E-state index in [4.69, 9.17) is 16.0 Å². The van der Waals surface area contributed by atoms with Crippen LogP contribution in [0, 0.1) is 19.3 Å². The molecule has 1 aromatic heterocycles. The van der Waals surface area contributed by atoms with Crippen LogP contribution in [0.25, 0.3) is 11.0 Å². The summed E-state index contributed by atoms with van der Waals surface area (Å²) in [6.07, 6.45) is 2.08. The molecule has 4 rings (SSSR count). The van der Waals surface area contributed by atoms with Gasteiger partial charge in [-0.05, 0) is 61.9 Å². The number of hydrogen-bond donors (Lipinski definition) is 3. The van der Waals surface area contributed by atoms with Crippen LogP contribution in [0.2, 0.25) is 5.02 Å². The molecule has 2 heterocycles. The molecular formula is C25H30BClN2O4. The Kier molecular flexibility index (Phi) is 6.49. The van der Waals surface area contributed by atoms with Crippen LogP contribution in [0.4, 0.5) is 11.6 Å². The van der Waals surface area contributed by atoms with Gasteiger partial charge in [-0.1, -0.05) is 31.5 Å². The average Bonchev–Trinajstić information content (AvgIpc) is 2.75. The molecule has 1 aliphatic rings. The van der Waals surface area contributed by atoms with E-state index in [9.17, 15) is 14.8 Å². The Morgan fingerprint density at radius 2 is 1.85 bits per heavy atom. The lowest BCUT2D eigenvalue weighted by Crippen LogP contribution is -2.38. The van der Waals surface area contributed by atoms with Gasteiger partial charge in [0.25, 0.3) is 0 Å². The number of benzene rings is 2. The molecular weight excluding hydrogens is 439 g/mol. The summed E-state index contributed by atoms with van der Waals surface area (Å²) in [7, 11) is -1.66. The average molecular weight is 469 g/mol. The van der Waals surface area contributed by atoms with E-state index in [-0.39, 0.29) is 10.9 Å². The van der Waals surface area contributed by atoms with Crippen LogP contribution in [0.15, 0.2) is 39.5 Å². The number of piperidine rings is 1. The minimum atomic E-state index is -1.66. The van der Waals surface area contributed by atoms with E-state index >= 15 is 0 Å². The minimum absolute atomic E-state index is 0.0148. The first-order valence-corrected chi connectivity index (χ1v) is 11.6. The molecule has 174 valence electrons. The molecule has 0 unspecified atom stereocenters. The number of fused-ring (bicyclic) bond motifs is 1. The van der Waals surface area contributed by atoms with E-state index in [0.29, 0.717) is 45.1 Å². The first-order valence-electron chi connectivity index (χ1n) is 11.3. The van der Waals surface area contributed by atoms with Gasteiger partial charge in [0.2, 0.25) is 5.88 Å². The van der Waals surface area contributed by atoms with Crippen LogP contribution in [-0.4, -0.2) is 30.3 Å². The highest BCUT2D eigenvalue weighted by molar-refractivity contribution is 6.61. The number of hydrogen-bond acceptors (Lipinski definition) is 6. The standard InChI is InChI=1S/C25H30BClN2O4/c1-15-11-17(14-28-21-6-5-18(27)13-20(21)26(31)32)23-19(12-15)22(30)16(2)24(33-23)29-9-7-25(3,4)8-10-29/h5-6,11-13,28,31-32H,7-10,14H2,1-4H3. The van der Waals surface area contributed by atoms with Gasteiger partial charge >= 0.3 is 7.12 Å². The van der Waals surface area contributed by atoms with Crippen molar-refractivity contribution < 1.29 is 14.5 Å². The van der Waals surface area contributed by atoms with Gasteiger partial charge in [-0.3, -0.25) is 4.79 Å². The van der Waals surface area contributed by atoms with Crippen molar-refractivity contribution in [3.05, 3.63) is 62.3 Å². The summed E-state index contributed by atoms with van der Waals surface area (Å²) in [5.74, 6) is 0.645. The molecule has 0 amide bonds. The summed E-state index contributed by atoms with van der Waals surface area (Å²) in [6.45, 7) is 10.4. The second kappa shape index (κ2) is 9.05. The quantitative estimate of drug-likeness (QED) is 0.491. The Hall–Kier alpha value is -2.48. The summed E-state index contributed by atoms with van der Waals surface area (Å²) in [5, 5.41) is 23.7. The maximum absolute atomic E-state index is 13.3. The van der Waals surface area contributed by atoms with Gasteiger partial charge < -0.3 is 24.7 Å². The van der Waals surface area contributed by atoms with Crippen molar-refractivity contribution in [1.29, 1.82) is 0 Å². The van der Waals surface area contributed by atoms with Crippen LogP contribution in [-0.2, 0) is 6.54 Å². The fraction of sp³-hybridized carbons (Fsp3) is 0.400. The van der Waals surface area contributed by atoms with Crippen LogP contribution >= 0.6 is 11.6 Å². The Bertz CT molecular complexity index is 1250. The predicted octanol–water partition coefficient (Wildman–Crippen LogP) is 3.98. The van der Waals surface area contributed by atoms with Gasteiger partial charge in [0.15, 0.2) is 5.43 Å². The van der Waals surface area contributed by atoms with Crippen LogP contribution < -0.4 is 21.1 Å². The number of anilines is 2. The monoisotopic (exact) mass is 468 g/mol. The van der Waals surface area contributed by atoms with E-state index in [2.05, 4.69) is 24.1 Å². The van der Waals surface area contributed by atoms with Crippen molar-refractivity contribution in [3.63, 3.8) is 0 Å². The molecule has 0 aliphatic carbocycles. The molecule has 0 radical (unpaired) electrons. The second-order valence-corrected chi connectivity index (χ2v) is 10.2. The van der Waals surface area contributed by atoms with E-state index in [1.54, 1.807) is 12.1 Å². The predicted molar refractivity (Wildman–Crippen MR) is 136 cm³/mol. The highest BCUT2D eigenvalue weighted by Crippen LogP contribution is 2.34. The molecule has 3 aromatic rings. The molecule has 3 N–H and O–H groups in total. The van der Waals surface area contributed by atoms with Crippen molar-refractivity contribution >= 4 is 46.7 Å². The van der Waals surface area contributed by atoms with E-state index in [0.717, 1.165) is 37.1 Å². The fourth-order valence-electron chi connectivity index (χ4n) is 4.46. The summed E-state index contributed by atoms with van der Waals surface area (Å²) >= 11 is 6.01. The SMILES string of the molecule is Cc1cc(CNc2ccc(Cl)cc2B(O)O)c2oc(N3CCC(C)(C)CC3)c(C)c(=O)c2c1. The Morgan fingerprint density at radius 1 is 1.15 bits per heavy atom. The summed E-state index contributed by atoms with van der Waals surface area (Å²) in [5.41, 5.74) is 4.09. The lowest BCUT2D eigenvalue weighted by molar-refractivity contribution is 0.274. The van der Waals surface area contributed by atoms with Gasteiger partial charge in [0, 0.05) is 41.4 Å². The van der Waals surface area contributed by atoms with Gasteiger partial charge in [0.1, 0.15) is 5.58 Å². The lowest BCUT2D eigenvalue weighted by atomic mass is 9.79. The molecule has 1 aliphatic heterocycles. The summed E-state index contributed by atoms with van der Waals surface area (Å²) in [6, 6.07) is 8.76. The third-order valence-electron chi connectivity index (χ3n) is 6.58. The van der Waals surface area contributed by atoms with Crippen molar-refractivity contribution in [2.45, 2.75) is 47.1 Å². The van der Waals surface area contributed by atoms with Crippen molar-refractivity contribution in [2.24, 2.45) is 5.41 Å². The zero-order valence-electron chi connectivity index (χ0n) is 19.5. The number of aryl methyl sites for hydroxylation is 1.